The molecule has 0 heterocycles. The van der Waals surface area contributed by atoms with Crippen molar-refractivity contribution in [1.82, 2.24) is 10.6 Å². The Labute approximate surface area is 371 Å². The van der Waals surface area contributed by atoms with E-state index < -0.39 is 36.3 Å². The lowest BCUT2D eigenvalue weighted by molar-refractivity contribution is -0.139. The molecular weight excluding hydrogens is 809 g/mol. The number of hydrogen-bond acceptors (Lipinski definition) is 12. The predicted molar refractivity (Wildman–Crippen MR) is 234 cm³/mol. The molecule has 2 N–H and O–H groups in total. The highest BCUT2D eigenvalue weighted by atomic mass is 16.6. The largest absolute Gasteiger partial charge is 0.490 e. The van der Waals surface area contributed by atoms with E-state index in [1.165, 1.54) is 6.42 Å². The van der Waals surface area contributed by atoms with E-state index in [-0.39, 0.29) is 63.6 Å². The fourth-order valence-corrected chi connectivity index (χ4v) is 10.7. The number of carbonyl (C=O) groups excluding carboxylic acids is 4. The molecule has 2 amide bonds. The van der Waals surface area contributed by atoms with Gasteiger partial charge in [-0.05, 0) is 111 Å². The Kier molecular flexibility index (Phi) is 16.2. The van der Waals surface area contributed by atoms with E-state index >= 15 is 0 Å². The first-order valence-corrected chi connectivity index (χ1v) is 22.3. The Morgan fingerprint density at radius 2 is 1.22 bits per heavy atom. The van der Waals surface area contributed by atoms with Crippen molar-refractivity contribution < 1.29 is 57.1 Å². The summed E-state index contributed by atoms with van der Waals surface area (Å²) in [5.74, 6) is 2.81. The predicted octanol–water partition coefficient (Wildman–Crippen LogP) is 7.46. The van der Waals surface area contributed by atoms with Crippen molar-refractivity contribution in [3.8, 4) is 11.5 Å². The maximum absolute atomic E-state index is 12.8. The lowest BCUT2D eigenvalue weighted by Crippen LogP contribution is -2.43. The molecule has 4 saturated carbocycles. The molecule has 9 unspecified atom stereocenters. The van der Waals surface area contributed by atoms with Crippen molar-refractivity contribution in [3.05, 3.63) is 85.0 Å². The van der Waals surface area contributed by atoms with Gasteiger partial charge < -0.3 is 48.5 Å². The van der Waals surface area contributed by atoms with Crippen molar-refractivity contribution in [1.29, 1.82) is 0 Å². The minimum atomic E-state index is -0.645. The molecule has 0 aliphatic heterocycles. The number of hydrogen-bond donors (Lipinski definition) is 2. The Hall–Kier alpha value is -5.08. The van der Waals surface area contributed by atoms with Gasteiger partial charge in [0.15, 0.2) is 12.2 Å². The molecule has 6 rings (SSSR count). The van der Waals surface area contributed by atoms with E-state index in [4.69, 9.17) is 37.9 Å². The molecule has 0 aromatic heterocycles. The fraction of sp³-hybridized carbons (Fsp3) is 0.592. The SMILES string of the molecule is C=C(C)C(=O)OCCCNC(=O)OC(COCC1(C)CCC2C(C1)C1C(C)C23CC13COCC(COc1ccccc1)OC(=O)NCCCOC(=O)C(=C)C)COc1ccccc1. The second kappa shape index (κ2) is 21.5. The quantitative estimate of drug-likeness (QED) is 0.0415. The fourth-order valence-electron chi connectivity index (χ4n) is 10.7. The zero-order valence-corrected chi connectivity index (χ0v) is 37.4. The molecule has 4 fully saturated rings. The summed E-state index contributed by atoms with van der Waals surface area (Å²) >= 11 is 0. The normalized spacial score (nSPS) is 26.9. The highest BCUT2D eigenvalue weighted by Gasteiger charge is 2.91. The van der Waals surface area contributed by atoms with Crippen LogP contribution in [0.15, 0.2) is 85.0 Å². The van der Waals surface area contributed by atoms with Gasteiger partial charge in [0, 0.05) is 29.7 Å². The number of nitrogens with one attached hydrogen (secondary N) is 2. The summed E-state index contributed by atoms with van der Waals surface area (Å²) in [6.45, 7) is 17.7. The first-order chi connectivity index (χ1) is 30.3. The number of amides is 2. The zero-order valence-electron chi connectivity index (χ0n) is 37.4. The highest BCUT2D eigenvalue weighted by molar-refractivity contribution is 5.87. The maximum atomic E-state index is 12.8. The van der Waals surface area contributed by atoms with Crippen LogP contribution < -0.4 is 20.1 Å². The van der Waals surface area contributed by atoms with E-state index in [2.05, 4.69) is 37.6 Å². The summed E-state index contributed by atoms with van der Waals surface area (Å²) in [4.78, 5) is 48.9. The number of fused-ring (bicyclic) bond motifs is 2. The van der Waals surface area contributed by atoms with Gasteiger partial charge in [0.2, 0.25) is 0 Å². The summed E-state index contributed by atoms with van der Waals surface area (Å²) in [5, 5.41) is 5.47. The van der Waals surface area contributed by atoms with Crippen LogP contribution in [0.5, 0.6) is 11.5 Å². The van der Waals surface area contributed by atoms with Gasteiger partial charge in [0.05, 0.1) is 39.6 Å². The molecule has 14 heteroatoms. The van der Waals surface area contributed by atoms with Gasteiger partial charge in [-0.3, -0.25) is 0 Å². The Morgan fingerprint density at radius 1 is 0.730 bits per heavy atom. The van der Waals surface area contributed by atoms with Crippen molar-refractivity contribution >= 4 is 24.1 Å². The molecule has 344 valence electrons. The summed E-state index contributed by atoms with van der Waals surface area (Å²) in [5.41, 5.74) is 1.04. The monoisotopic (exact) mass is 874 g/mol. The van der Waals surface area contributed by atoms with Crippen LogP contribution in [-0.2, 0) is 38.0 Å². The van der Waals surface area contributed by atoms with Crippen LogP contribution in [0, 0.1) is 39.9 Å². The number of rotatable bonds is 26. The molecule has 0 spiro atoms. The van der Waals surface area contributed by atoms with Crippen LogP contribution in [0.25, 0.3) is 0 Å². The van der Waals surface area contributed by atoms with Crippen molar-refractivity contribution in [2.75, 3.05) is 65.9 Å². The third kappa shape index (κ3) is 11.7. The van der Waals surface area contributed by atoms with E-state index in [0.29, 0.717) is 77.8 Å². The zero-order chi connectivity index (χ0) is 45.0. The molecule has 63 heavy (non-hydrogen) atoms. The smallest absolute Gasteiger partial charge is 0.407 e. The van der Waals surface area contributed by atoms with Gasteiger partial charge in [-0.1, -0.05) is 63.4 Å². The van der Waals surface area contributed by atoms with Crippen LogP contribution in [0.3, 0.4) is 0 Å². The summed E-state index contributed by atoms with van der Waals surface area (Å²) in [6.07, 6.45) is 2.82. The first-order valence-electron chi connectivity index (χ1n) is 22.3. The Balaban J connectivity index is 0.976. The second-order valence-corrected chi connectivity index (χ2v) is 18.2. The van der Waals surface area contributed by atoms with Gasteiger partial charge in [-0.2, -0.15) is 0 Å². The molecule has 2 aromatic rings. The molecular formula is C49H66N2O12. The second-order valence-electron chi connectivity index (χ2n) is 18.2. The van der Waals surface area contributed by atoms with E-state index in [0.717, 1.165) is 19.3 Å². The molecule has 14 nitrogen and oxygen atoms in total. The van der Waals surface area contributed by atoms with Crippen LogP contribution in [-0.4, -0.2) is 102 Å². The standard InChI is InChI=1S/C49H66N2O12/c1-33(2)43(52)58-23-13-21-50-45(54)62-38(28-60-36-15-9-7-10-16-36)26-56-31-47(6)20-19-41-40(25-47)42-35(5)49(41)30-48(42,49)32-57-27-39(29-61-37-17-11-8-12-18-37)63-46(55)51-22-14-24-59-44(53)34(3)4/h7-12,15-18,35,38-42H,1,3,13-14,19-32H2,2,4-6H3,(H,50,54)(H,51,55). The third-order valence-electron chi connectivity index (χ3n) is 13.5. The van der Waals surface area contributed by atoms with Crippen molar-refractivity contribution in [2.45, 2.75) is 78.4 Å². The topological polar surface area (TPSA) is 166 Å². The number of carbonyl (C=O) groups is 4. The van der Waals surface area contributed by atoms with Crippen LogP contribution in [0.1, 0.15) is 66.2 Å². The molecule has 9 atom stereocenters. The molecule has 4 aliphatic carbocycles. The highest BCUT2D eigenvalue weighted by Crippen LogP contribution is 2.95. The number of alkyl carbamates (subject to hydrolysis) is 2. The molecule has 2 aromatic carbocycles. The third-order valence-corrected chi connectivity index (χ3v) is 13.5. The number of para-hydroxylation sites is 2. The average molecular weight is 875 g/mol. The van der Waals surface area contributed by atoms with Gasteiger partial charge >= 0.3 is 24.1 Å². The maximum Gasteiger partial charge on any atom is 0.407 e. The molecule has 4 aliphatic rings. The van der Waals surface area contributed by atoms with Crippen LogP contribution in [0.4, 0.5) is 9.59 Å². The van der Waals surface area contributed by atoms with Crippen molar-refractivity contribution in [3.63, 3.8) is 0 Å². The van der Waals surface area contributed by atoms with Crippen LogP contribution in [0.2, 0.25) is 0 Å². The van der Waals surface area contributed by atoms with Gasteiger partial charge in [-0.25, -0.2) is 19.2 Å². The van der Waals surface area contributed by atoms with Gasteiger partial charge in [0.1, 0.15) is 24.7 Å². The summed E-state index contributed by atoms with van der Waals surface area (Å²) in [7, 11) is 0. The average Bonchev–Trinajstić information content (AvgIpc) is 3.67. The summed E-state index contributed by atoms with van der Waals surface area (Å²) in [6, 6.07) is 18.8. The number of benzene rings is 2. The lowest BCUT2D eigenvalue weighted by Gasteiger charge is -2.44. The Bertz CT molecular complexity index is 1890. The van der Waals surface area contributed by atoms with Crippen LogP contribution >= 0.6 is 0 Å². The van der Waals surface area contributed by atoms with E-state index in [9.17, 15) is 19.2 Å². The number of esters is 2. The molecule has 0 saturated heterocycles. The first kappa shape index (κ1) is 47.4. The molecule has 2 bridgehead atoms. The summed E-state index contributed by atoms with van der Waals surface area (Å²) < 4.78 is 46.6. The molecule has 0 radical (unpaired) electrons. The van der Waals surface area contributed by atoms with E-state index in [1.807, 2.05) is 60.7 Å². The lowest BCUT2D eigenvalue weighted by atomic mass is 9.62. The van der Waals surface area contributed by atoms with Crippen molar-refractivity contribution in [2.24, 2.45) is 39.9 Å². The number of ether oxygens (including phenoxy) is 8. The van der Waals surface area contributed by atoms with Gasteiger partial charge in [-0.15, -0.1) is 0 Å². The van der Waals surface area contributed by atoms with Gasteiger partial charge in [0.25, 0.3) is 0 Å². The van der Waals surface area contributed by atoms with E-state index in [1.54, 1.807) is 13.8 Å². The minimum Gasteiger partial charge on any atom is -0.490 e. The Morgan fingerprint density at radius 3 is 1.71 bits per heavy atom. The minimum absolute atomic E-state index is 0.0366.